The molecule has 0 bridgehead atoms. The lowest BCUT2D eigenvalue weighted by Crippen LogP contribution is -2.35. The van der Waals surface area contributed by atoms with Gasteiger partial charge in [0.2, 0.25) is 0 Å². The van der Waals surface area contributed by atoms with Crippen LogP contribution in [0.4, 0.5) is 0 Å². The molecule has 3 aromatic rings. The quantitative estimate of drug-likeness (QED) is 0.758. The molecule has 1 amide bonds. The van der Waals surface area contributed by atoms with Gasteiger partial charge in [0.15, 0.2) is 0 Å². The molecule has 5 nitrogen and oxygen atoms in total. The maximum absolute atomic E-state index is 12.7. The van der Waals surface area contributed by atoms with Crippen molar-refractivity contribution in [2.24, 2.45) is 0 Å². The van der Waals surface area contributed by atoms with Crippen molar-refractivity contribution in [3.05, 3.63) is 58.8 Å². The van der Waals surface area contributed by atoms with Crippen molar-refractivity contribution in [2.75, 3.05) is 14.2 Å². The molecule has 0 radical (unpaired) electrons. The number of aryl methyl sites for hydroxylation is 1. The van der Waals surface area contributed by atoms with Crippen molar-refractivity contribution in [2.45, 2.75) is 25.8 Å². The third kappa shape index (κ3) is 2.90. The Hall–Kier alpha value is -2.95. The molecule has 5 heteroatoms. The lowest BCUT2D eigenvalue weighted by atomic mass is 10.1. The first-order chi connectivity index (χ1) is 12.6. The first kappa shape index (κ1) is 16.5. The van der Waals surface area contributed by atoms with Crippen molar-refractivity contribution < 1.29 is 14.3 Å². The van der Waals surface area contributed by atoms with E-state index in [9.17, 15) is 4.79 Å². The fraction of sp³-hybridized carbons (Fsp3) is 0.286. The molecule has 0 aliphatic heterocycles. The largest absolute Gasteiger partial charge is 0.497 e. The van der Waals surface area contributed by atoms with E-state index in [-0.39, 0.29) is 11.9 Å². The third-order valence-electron chi connectivity index (χ3n) is 5.00. The number of hydrogen-bond acceptors (Lipinski definition) is 3. The Morgan fingerprint density at radius 3 is 2.50 bits per heavy atom. The highest BCUT2D eigenvalue weighted by atomic mass is 16.5. The summed E-state index contributed by atoms with van der Waals surface area (Å²) in [4.78, 5) is 16.2. The van der Waals surface area contributed by atoms with Crippen molar-refractivity contribution in [1.82, 2.24) is 10.3 Å². The van der Waals surface area contributed by atoms with Gasteiger partial charge in [-0.15, -0.1) is 0 Å². The van der Waals surface area contributed by atoms with Gasteiger partial charge < -0.3 is 19.8 Å². The monoisotopic (exact) mass is 350 g/mol. The molecule has 2 aromatic carbocycles. The summed E-state index contributed by atoms with van der Waals surface area (Å²) < 4.78 is 10.5. The zero-order valence-electron chi connectivity index (χ0n) is 15.2. The summed E-state index contributed by atoms with van der Waals surface area (Å²) in [6.07, 6.45) is 1.65. The number of fused-ring (bicyclic) bond motifs is 3. The van der Waals surface area contributed by atoms with Crippen LogP contribution in [0, 0.1) is 6.92 Å². The molecule has 1 unspecified atom stereocenters. The van der Waals surface area contributed by atoms with Crippen LogP contribution in [-0.4, -0.2) is 31.2 Å². The number of aromatic amines is 1. The minimum absolute atomic E-state index is 0.0888. The van der Waals surface area contributed by atoms with E-state index >= 15 is 0 Å². The highest BCUT2D eigenvalue weighted by Crippen LogP contribution is 2.31. The van der Waals surface area contributed by atoms with E-state index in [2.05, 4.69) is 35.4 Å². The molecule has 26 heavy (non-hydrogen) atoms. The lowest BCUT2D eigenvalue weighted by Gasteiger charge is -2.14. The number of hydrogen-bond donors (Lipinski definition) is 2. The molecule has 0 spiro atoms. The molecule has 2 N–H and O–H groups in total. The number of carbonyl (C=O) groups excluding carboxylic acids is 1. The van der Waals surface area contributed by atoms with Crippen LogP contribution in [0.2, 0.25) is 0 Å². The van der Waals surface area contributed by atoms with Crippen LogP contribution in [0.3, 0.4) is 0 Å². The molecule has 0 fully saturated rings. The lowest BCUT2D eigenvalue weighted by molar-refractivity contribution is 0.0938. The predicted octanol–water partition coefficient (Wildman–Crippen LogP) is 3.39. The summed E-state index contributed by atoms with van der Waals surface area (Å²) in [5.41, 5.74) is 5.49. The minimum atomic E-state index is -0.113. The van der Waals surface area contributed by atoms with Crippen LogP contribution >= 0.6 is 0 Å². The molecule has 1 atom stereocenters. The molecular weight excluding hydrogens is 328 g/mol. The molecular formula is C21H22N2O3. The second-order valence-corrected chi connectivity index (χ2v) is 6.81. The van der Waals surface area contributed by atoms with E-state index in [4.69, 9.17) is 9.47 Å². The van der Waals surface area contributed by atoms with Crippen LogP contribution in [0.5, 0.6) is 11.5 Å². The Balaban J connectivity index is 1.53. The van der Waals surface area contributed by atoms with Crippen molar-refractivity contribution in [1.29, 1.82) is 0 Å². The number of rotatable bonds is 4. The van der Waals surface area contributed by atoms with Gasteiger partial charge in [0.1, 0.15) is 11.5 Å². The van der Waals surface area contributed by atoms with Gasteiger partial charge in [-0.25, -0.2) is 0 Å². The first-order valence-electron chi connectivity index (χ1n) is 8.71. The van der Waals surface area contributed by atoms with Gasteiger partial charge >= 0.3 is 0 Å². The van der Waals surface area contributed by atoms with Gasteiger partial charge in [-0.05, 0) is 43.2 Å². The summed E-state index contributed by atoms with van der Waals surface area (Å²) in [5, 5.41) is 4.40. The van der Waals surface area contributed by atoms with Gasteiger partial charge in [0, 0.05) is 40.7 Å². The number of aromatic nitrogens is 1. The van der Waals surface area contributed by atoms with Gasteiger partial charge in [-0.3, -0.25) is 4.79 Å². The van der Waals surface area contributed by atoms with E-state index < -0.39 is 0 Å². The van der Waals surface area contributed by atoms with Crippen LogP contribution < -0.4 is 14.8 Å². The van der Waals surface area contributed by atoms with Crippen LogP contribution in [0.15, 0.2) is 36.4 Å². The van der Waals surface area contributed by atoms with Gasteiger partial charge in [-0.1, -0.05) is 11.6 Å². The number of H-pyrrole nitrogens is 1. The number of ether oxygens (including phenoxy) is 2. The highest BCUT2D eigenvalue weighted by Gasteiger charge is 2.27. The van der Waals surface area contributed by atoms with Crippen LogP contribution in [-0.2, 0) is 12.8 Å². The van der Waals surface area contributed by atoms with Gasteiger partial charge in [0.25, 0.3) is 5.91 Å². The Morgan fingerprint density at radius 2 is 1.81 bits per heavy atom. The first-order valence-corrected chi connectivity index (χ1v) is 8.71. The molecule has 1 aliphatic carbocycles. The topological polar surface area (TPSA) is 63.4 Å². The zero-order valence-corrected chi connectivity index (χ0v) is 15.2. The van der Waals surface area contributed by atoms with E-state index in [1.54, 1.807) is 32.4 Å². The standard InChI is InChI=1S/C21H22N2O3/c1-12-4-5-19-17(6-12)18-9-14(10-20(18)23-19)22-21(24)13-7-15(25-2)11-16(8-13)26-3/h4-8,11,14,23H,9-10H2,1-3H3,(H,22,24). The molecule has 1 aliphatic rings. The average molecular weight is 350 g/mol. The van der Waals surface area contributed by atoms with Gasteiger partial charge in [0.05, 0.1) is 14.2 Å². The Kier molecular flexibility index (Phi) is 4.07. The van der Waals surface area contributed by atoms with Crippen molar-refractivity contribution >= 4 is 16.8 Å². The number of methoxy groups -OCH3 is 2. The summed E-state index contributed by atoms with van der Waals surface area (Å²) in [5.74, 6) is 1.10. The normalized spacial score (nSPS) is 15.7. The fourth-order valence-corrected chi connectivity index (χ4v) is 3.70. The van der Waals surface area contributed by atoms with E-state index in [0.29, 0.717) is 17.1 Å². The van der Waals surface area contributed by atoms with E-state index in [1.807, 2.05) is 0 Å². The minimum Gasteiger partial charge on any atom is -0.497 e. The summed E-state index contributed by atoms with van der Waals surface area (Å²) >= 11 is 0. The third-order valence-corrected chi connectivity index (χ3v) is 5.00. The summed E-state index contributed by atoms with van der Waals surface area (Å²) in [7, 11) is 3.15. The Labute approximate surface area is 152 Å². The average Bonchev–Trinajstić information content (AvgIpc) is 3.18. The molecule has 1 heterocycles. The number of carbonyl (C=O) groups is 1. The van der Waals surface area contributed by atoms with Crippen LogP contribution in [0.25, 0.3) is 10.9 Å². The van der Waals surface area contributed by atoms with E-state index in [0.717, 1.165) is 12.8 Å². The maximum Gasteiger partial charge on any atom is 0.251 e. The second kappa shape index (κ2) is 6.41. The smallest absolute Gasteiger partial charge is 0.251 e. The van der Waals surface area contributed by atoms with Crippen LogP contribution in [0.1, 0.15) is 27.2 Å². The van der Waals surface area contributed by atoms with Crippen molar-refractivity contribution in [3.63, 3.8) is 0 Å². The Morgan fingerprint density at radius 1 is 1.08 bits per heavy atom. The summed E-state index contributed by atoms with van der Waals surface area (Å²) in [6.45, 7) is 2.10. The predicted molar refractivity (Wildman–Crippen MR) is 101 cm³/mol. The molecule has 0 saturated carbocycles. The molecule has 1 aromatic heterocycles. The molecule has 0 saturated heterocycles. The number of nitrogens with one attached hydrogen (secondary N) is 2. The summed E-state index contributed by atoms with van der Waals surface area (Å²) in [6, 6.07) is 11.7. The number of amides is 1. The fourth-order valence-electron chi connectivity index (χ4n) is 3.70. The molecule has 134 valence electrons. The molecule has 4 rings (SSSR count). The SMILES string of the molecule is COc1cc(OC)cc(C(=O)NC2Cc3[nH]c4ccc(C)cc4c3C2)c1. The van der Waals surface area contributed by atoms with Gasteiger partial charge in [-0.2, -0.15) is 0 Å². The number of benzene rings is 2. The highest BCUT2D eigenvalue weighted by molar-refractivity contribution is 5.95. The second-order valence-electron chi connectivity index (χ2n) is 6.81. The zero-order chi connectivity index (χ0) is 18.3. The Bertz CT molecular complexity index is 968. The van der Waals surface area contributed by atoms with E-state index in [1.165, 1.54) is 27.7 Å². The maximum atomic E-state index is 12.7. The van der Waals surface area contributed by atoms with Crippen molar-refractivity contribution in [3.8, 4) is 11.5 Å².